The van der Waals surface area contributed by atoms with E-state index in [9.17, 15) is 19.5 Å². The Bertz CT molecular complexity index is 1240. The van der Waals surface area contributed by atoms with Gasteiger partial charge in [-0.15, -0.1) is 0 Å². The number of ether oxygens (including phenoxy) is 3. The van der Waals surface area contributed by atoms with E-state index >= 15 is 0 Å². The number of rotatable bonds is 9. The molecule has 13 heteroatoms. The summed E-state index contributed by atoms with van der Waals surface area (Å²) in [5, 5.41) is 17.3. The molecule has 2 aromatic heterocycles. The lowest BCUT2D eigenvalue weighted by Gasteiger charge is -2.30. The fourth-order valence-electron chi connectivity index (χ4n) is 4.72. The number of methoxy groups -OCH3 is 1. The number of hydrogen-bond acceptors (Lipinski definition) is 9. The number of nitrogens with one attached hydrogen (secondary N) is 1. The van der Waals surface area contributed by atoms with Crippen LogP contribution in [0.4, 0.5) is 5.82 Å². The Hall–Kier alpha value is -2.10. The van der Waals surface area contributed by atoms with Crippen LogP contribution in [0, 0.1) is 11.8 Å². The van der Waals surface area contributed by atoms with E-state index in [2.05, 4.69) is 32.2 Å². The van der Waals surface area contributed by atoms with E-state index in [1.54, 1.807) is 10.9 Å². The molecule has 2 aromatic rings. The summed E-state index contributed by atoms with van der Waals surface area (Å²) in [4.78, 5) is 28.7. The van der Waals surface area contributed by atoms with Gasteiger partial charge in [0.25, 0.3) is 0 Å². The van der Waals surface area contributed by atoms with Crippen LogP contribution in [-0.4, -0.2) is 78.1 Å². The van der Waals surface area contributed by atoms with Crippen LogP contribution in [0.5, 0.6) is 0 Å². The largest absolute Gasteiger partial charge is 0.381 e. The first-order valence-electron chi connectivity index (χ1n) is 12.7. The van der Waals surface area contributed by atoms with E-state index in [0.717, 1.165) is 18.2 Å². The highest BCUT2D eigenvalue weighted by Gasteiger charge is 2.45. The summed E-state index contributed by atoms with van der Waals surface area (Å²) in [6.45, 7) is 1.09. The Morgan fingerprint density at radius 3 is 2.70 bits per heavy atom. The van der Waals surface area contributed by atoms with Crippen LogP contribution in [0.2, 0.25) is 0 Å². The number of hydrogen-bond donors (Lipinski definition) is 4. The fourth-order valence-corrected chi connectivity index (χ4v) is 5.26. The highest BCUT2D eigenvalue weighted by molar-refractivity contribution is 7.53. The Morgan fingerprint density at radius 2 is 2.03 bits per heavy atom. The maximum atomic E-state index is 11.9. The molecule has 4 N–H and O–H groups in total. The van der Waals surface area contributed by atoms with E-state index in [1.807, 2.05) is 0 Å². The molecule has 3 aliphatic rings. The standard InChI is InChI=1S/C24H34N5O7P/c1-23(15-34-2,37(31,32)33)35-14-17-7-8-20(36-17)29-22-18(13-25-29)21(26-16-5-3-4-6-16)27-19(28-22)9-10-24(30)11-12-24/h13,16-17,20,30H,3-8,11-12,14-15H2,1-2H3,(H,26,27,28)(H2,31,32,33)/t17-,20+,23?/m0/s1. The van der Waals surface area contributed by atoms with Gasteiger partial charge >= 0.3 is 7.60 Å². The van der Waals surface area contributed by atoms with Gasteiger partial charge in [-0.1, -0.05) is 18.8 Å². The van der Waals surface area contributed by atoms with Crippen LogP contribution in [0.3, 0.4) is 0 Å². The van der Waals surface area contributed by atoms with Gasteiger partial charge in [0.1, 0.15) is 11.4 Å². The minimum Gasteiger partial charge on any atom is -0.381 e. The summed E-state index contributed by atoms with van der Waals surface area (Å²) in [5.74, 6) is 6.79. The molecule has 1 aliphatic heterocycles. The Morgan fingerprint density at radius 1 is 1.27 bits per heavy atom. The molecular weight excluding hydrogens is 501 g/mol. The molecule has 2 aliphatic carbocycles. The van der Waals surface area contributed by atoms with Gasteiger partial charge in [-0.25, -0.2) is 14.6 Å². The lowest BCUT2D eigenvalue weighted by molar-refractivity contribution is -0.0927. The second-order valence-electron chi connectivity index (χ2n) is 10.4. The zero-order valence-corrected chi connectivity index (χ0v) is 22.0. The van der Waals surface area contributed by atoms with Crippen molar-refractivity contribution in [3.63, 3.8) is 0 Å². The van der Waals surface area contributed by atoms with Gasteiger partial charge in [0.15, 0.2) is 17.2 Å². The Balaban J connectivity index is 1.36. The van der Waals surface area contributed by atoms with Gasteiger partial charge in [-0.2, -0.15) is 5.10 Å². The lowest BCUT2D eigenvalue weighted by atomic mass is 10.2. The SMILES string of the molecule is COCC(C)(OC[C@@H]1CC[C@H](n2ncc3c(NC4CCCC4)nc(C#CC4(O)CC4)nc32)O1)P(=O)(O)O. The van der Waals surface area contributed by atoms with E-state index < -0.39 is 24.8 Å². The lowest BCUT2D eigenvalue weighted by Crippen LogP contribution is -2.36. The first-order valence-corrected chi connectivity index (χ1v) is 14.3. The van der Waals surface area contributed by atoms with Crippen molar-refractivity contribution in [1.29, 1.82) is 0 Å². The maximum Gasteiger partial charge on any atom is 0.359 e. The third-order valence-electron chi connectivity index (χ3n) is 7.25. The van der Waals surface area contributed by atoms with Gasteiger partial charge in [0.05, 0.1) is 30.9 Å². The molecule has 0 spiro atoms. The van der Waals surface area contributed by atoms with Crippen molar-refractivity contribution >= 4 is 24.4 Å². The van der Waals surface area contributed by atoms with Gasteiger partial charge in [0.2, 0.25) is 5.82 Å². The molecular formula is C24H34N5O7P. The molecule has 3 fully saturated rings. The van der Waals surface area contributed by atoms with Crippen molar-refractivity contribution < 1.29 is 33.7 Å². The molecule has 3 heterocycles. The number of fused-ring (bicyclic) bond motifs is 1. The molecule has 0 radical (unpaired) electrons. The van der Waals surface area contributed by atoms with Crippen molar-refractivity contribution in [2.24, 2.45) is 0 Å². The predicted molar refractivity (Wildman–Crippen MR) is 134 cm³/mol. The third-order valence-corrected chi connectivity index (χ3v) is 8.74. The summed E-state index contributed by atoms with van der Waals surface area (Å²) in [6, 6.07) is 0.328. The number of aliphatic hydroxyl groups is 1. The van der Waals surface area contributed by atoms with E-state index in [-0.39, 0.29) is 19.3 Å². The summed E-state index contributed by atoms with van der Waals surface area (Å²) >= 11 is 0. The van der Waals surface area contributed by atoms with Crippen molar-refractivity contribution in [3.8, 4) is 11.8 Å². The molecule has 0 amide bonds. The molecule has 2 saturated carbocycles. The molecule has 0 bridgehead atoms. The van der Waals surface area contributed by atoms with E-state index in [4.69, 9.17) is 14.2 Å². The van der Waals surface area contributed by atoms with Crippen LogP contribution >= 0.6 is 7.60 Å². The number of anilines is 1. The van der Waals surface area contributed by atoms with E-state index in [1.165, 1.54) is 26.9 Å². The number of nitrogens with zero attached hydrogens (tertiary/aromatic N) is 4. The third kappa shape index (κ3) is 5.83. The van der Waals surface area contributed by atoms with Gasteiger partial charge < -0.3 is 34.4 Å². The predicted octanol–water partition coefficient (Wildman–Crippen LogP) is 2.29. The second-order valence-corrected chi connectivity index (χ2v) is 12.4. The molecule has 37 heavy (non-hydrogen) atoms. The quantitative estimate of drug-likeness (QED) is 0.275. The van der Waals surface area contributed by atoms with Crippen LogP contribution in [0.1, 0.15) is 70.3 Å². The van der Waals surface area contributed by atoms with Crippen LogP contribution in [0.15, 0.2) is 6.20 Å². The van der Waals surface area contributed by atoms with E-state index in [0.29, 0.717) is 49.0 Å². The first kappa shape index (κ1) is 26.5. The zero-order chi connectivity index (χ0) is 26.3. The Kier molecular flexibility index (Phi) is 7.33. The summed E-state index contributed by atoms with van der Waals surface area (Å²) in [7, 11) is -3.21. The van der Waals surface area contributed by atoms with Crippen molar-refractivity contribution in [1.82, 2.24) is 19.7 Å². The topological polar surface area (TPSA) is 161 Å². The molecule has 1 saturated heterocycles. The average Bonchev–Trinajstić information content (AvgIpc) is 3.28. The Labute approximate surface area is 215 Å². The maximum absolute atomic E-state index is 11.9. The van der Waals surface area contributed by atoms with Crippen molar-refractivity contribution in [2.45, 2.75) is 87.6 Å². The van der Waals surface area contributed by atoms with Crippen molar-refractivity contribution in [3.05, 3.63) is 12.0 Å². The zero-order valence-electron chi connectivity index (χ0n) is 21.1. The van der Waals surface area contributed by atoms with Crippen LogP contribution in [-0.2, 0) is 18.8 Å². The van der Waals surface area contributed by atoms with Crippen LogP contribution < -0.4 is 5.32 Å². The van der Waals surface area contributed by atoms with Gasteiger partial charge in [0, 0.05) is 13.2 Å². The van der Waals surface area contributed by atoms with Crippen LogP contribution in [0.25, 0.3) is 11.0 Å². The molecule has 1 unspecified atom stereocenters. The molecule has 3 atom stereocenters. The molecule has 202 valence electrons. The molecule has 5 rings (SSSR count). The summed E-state index contributed by atoms with van der Waals surface area (Å²) in [5.41, 5.74) is -0.363. The summed E-state index contributed by atoms with van der Waals surface area (Å²) < 4.78 is 30.4. The number of aromatic nitrogens is 4. The highest BCUT2D eigenvalue weighted by atomic mass is 31.2. The minimum atomic E-state index is -4.57. The van der Waals surface area contributed by atoms with Gasteiger partial charge in [-0.3, -0.25) is 4.57 Å². The van der Waals surface area contributed by atoms with Gasteiger partial charge in [-0.05, 0) is 51.4 Å². The second kappa shape index (κ2) is 10.2. The minimum absolute atomic E-state index is 0.000547. The summed E-state index contributed by atoms with van der Waals surface area (Å²) in [6.07, 6.45) is 7.95. The van der Waals surface area contributed by atoms with Crippen molar-refractivity contribution in [2.75, 3.05) is 25.6 Å². The molecule has 12 nitrogen and oxygen atoms in total. The average molecular weight is 536 g/mol. The monoisotopic (exact) mass is 535 g/mol. The highest BCUT2D eigenvalue weighted by Crippen LogP contribution is 2.51. The normalized spacial score (nSPS) is 25.1. The smallest absolute Gasteiger partial charge is 0.359 e. The first-order chi connectivity index (χ1) is 17.6. The fraction of sp³-hybridized carbons (Fsp3) is 0.708. The molecule has 0 aromatic carbocycles.